The zero-order valence-electron chi connectivity index (χ0n) is 13.7. The first-order chi connectivity index (χ1) is 10.3. The minimum Gasteiger partial charge on any atom is -0.370 e. The van der Waals surface area contributed by atoms with E-state index >= 15 is 0 Å². The summed E-state index contributed by atoms with van der Waals surface area (Å²) < 4.78 is 0. The Kier molecular flexibility index (Phi) is 6.23. The van der Waals surface area contributed by atoms with E-state index in [2.05, 4.69) is 45.9 Å². The molecule has 1 aromatic heterocycles. The van der Waals surface area contributed by atoms with Crippen molar-refractivity contribution in [3.63, 3.8) is 0 Å². The van der Waals surface area contributed by atoms with E-state index in [0.717, 1.165) is 57.2 Å². The van der Waals surface area contributed by atoms with Crippen LogP contribution in [0.1, 0.15) is 39.2 Å². The predicted octanol–water partition coefficient (Wildman–Crippen LogP) is 2.39. The van der Waals surface area contributed by atoms with Crippen LogP contribution in [0, 0.1) is 0 Å². The minimum atomic E-state index is 0.966. The molecule has 0 unspecified atom stereocenters. The van der Waals surface area contributed by atoms with Crippen molar-refractivity contribution >= 4 is 11.6 Å². The predicted molar refractivity (Wildman–Crippen MR) is 89.1 cm³/mol. The summed E-state index contributed by atoms with van der Waals surface area (Å²) >= 11 is 0. The Balaban J connectivity index is 2.09. The molecule has 0 bridgehead atoms. The molecule has 0 spiro atoms. The molecule has 1 fully saturated rings. The molecule has 118 valence electrons. The number of hydrogen-bond donors (Lipinski definition) is 1. The molecule has 1 aromatic rings. The fraction of sp³-hybridized carbons (Fsp3) is 0.750. The van der Waals surface area contributed by atoms with Crippen molar-refractivity contribution in [3.8, 4) is 0 Å². The van der Waals surface area contributed by atoms with E-state index in [1.165, 1.54) is 18.5 Å². The summed E-state index contributed by atoms with van der Waals surface area (Å²) in [5, 5.41) is 3.43. The maximum absolute atomic E-state index is 4.57. The number of anilines is 2. The van der Waals surface area contributed by atoms with Crippen molar-refractivity contribution in [1.82, 2.24) is 14.9 Å². The first-order valence-corrected chi connectivity index (χ1v) is 8.35. The van der Waals surface area contributed by atoms with Crippen molar-refractivity contribution in [3.05, 3.63) is 11.9 Å². The highest BCUT2D eigenvalue weighted by atomic mass is 15.3. The first-order valence-electron chi connectivity index (χ1n) is 8.35. The van der Waals surface area contributed by atoms with Crippen molar-refractivity contribution < 1.29 is 0 Å². The fourth-order valence-corrected chi connectivity index (χ4v) is 2.90. The molecule has 0 atom stereocenters. The quantitative estimate of drug-likeness (QED) is 0.835. The zero-order chi connectivity index (χ0) is 15.1. The van der Waals surface area contributed by atoms with E-state index in [0.29, 0.717) is 0 Å². The maximum atomic E-state index is 4.57. The molecule has 5 heteroatoms. The third kappa shape index (κ3) is 4.06. The molecule has 0 saturated carbocycles. The molecule has 0 radical (unpaired) electrons. The van der Waals surface area contributed by atoms with Gasteiger partial charge in [0.1, 0.15) is 18.0 Å². The van der Waals surface area contributed by atoms with Crippen LogP contribution in [0.25, 0.3) is 0 Å². The molecule has 0 aliphatic carbocycles. The van der Waals surface area contributed by atoms with Crippen molar-refractivity contribution in [2.24, 2.45) is 0 Å². The average molecular weight is 291 g/mol. The van der Waals surface area contributed by atoms with Crippen LogP contribution >= 0.6 is 0 Å². The third-order valence-corrected chi connectivity index (χ3v) is 4.03. The summed E-state index contributed by atoms with van der Waals surface area (Å²) in [4.78, 5) is 14.0. The van der Waals surface area contributed by atoms with Gasteiger partial charge in [0, 0.05) is 38.3 Å². The molecule has 2 heterocycles. The highest BCUT2D eigenvalue weighted by Crippen LogP contribution is 2.25. The lowest BCUT2D eigenvalue weighted by Gasteiger charge is -2.36. The molecule has 5 nitrogen and oxygen atoms in total. The normalized spacial score (nSPS) is 16.2. The summed E-state index contributed by atoms with van der Waals surface area (Å²) in [7, 11) is 0. The standard InChI is InChI=1S/C16H29N5/c1-4-7-17-15-14(6-3)16(19-13-18-15)21-11-9-20(8-5-2)10-12-21/h13H,4-12H2,1-3H3,(H,17,18,19). The molecule has 2 rings (SSSR count). The van der Waals surface area contributed by atoms with Crippen LogP contribution in [0.5, 0.6) is 0 Å². The Morgan fingerprint density at radius 1 is 1.05 bits per heavy atom. The molecule has 1 saturated heterocycles. The number of aromatic nitrogens is 2. The summed E-state index contributed by atoms with van der Waals surface area (Å²) in [5.74, 6) is 2.14. The van der Waals surface area contributed by atoms with Crippen molar-refractivity contribution in [1.29, 1.82) is 0 Å². The highest BCUT2D eigenvalue weighted by Gasteiger charge is 2.21. The van der Waals surface area contributed by atoms with Gasteiger partial charge in [0.2, 0.25) is 0 Å². The average Bonchev–Trinajstić information content (AvgIpc) is 2.53. The van der Waals surface area contributed by atoms with Gasteiger partial charge in [-0.2, -0.15) is 0 Å². The van der Waals surface area contributed by atoms with Gasteiger partial charge in [-0.05, 0) is 25.8 Å². The Bertz CT molecular complexity index is 427. The molecule has 21 heavy (non-hydrogen) atoms. The lowest BCUT2D eigenvalue weighted by Crippen LogP contribution is -2.47. The van der Waals surface area contributed by atoms with Gasteiger partial charge < -0.3 is 10.2 Å². The molecular formula is C16H29N5. The van der Waals surface area contributed by atoms with Gasteiger partial charge in [0.05, 0.1) is 0 Å². The number of piperazine rings is 1. The van der Waals surface area contributed by atoms with E-state index in [-0.39, 0.29) is 0 Å². The highest BCUT2D eigenvalue weighted by molar-refractivity contribution is 5.59. The number of rotatable bonds is 7. The van der Waals surface area contributed by atoms with E-state index in [1.807, 2.05) is 0 Å². The summed E-state index contributed by atoms with van der Waals surface area (Å²) in [6.07, 6.45) is 5.01. The summed E-state index contributed by atoms with van der Waals surface area (Å²) in [5.41, 5.74) is 1.26. The molecule has 1 N–H and O–H groups in total. The second kappa shape index (κ2) is 8.17. The van der Waals surface area contributed by atoms with Gasteiger partial charge >= 0.3 is 0 Å². The molecule has 0 aromatic carbocycles. The monoisotopic (exact) mass is 291 g/mol. The Morgan fingerprint density at radius 3 is 2.43 bits per heavy atom. The lowest BCUT2D eigenvalue weighted by atomic mass is 10.2. The molecule has 0 amide bonds. The number of nitrogens with zero attached hydrogens (tertiary/aromatic N) is 4. The van der Waals surface area contributed by atoms with Gasteiger partial charge in [-0.15, -0.1) is 0 Å². The van der Waals surface area contributed by atoms with Crippen LogP contribution in [-0.4, -0.2) is 54.1 Å². The summed E-state index contributed by atoms with van der Waals surface area (Å²) in [6, 6.07) is 0. The first kappa shape index (κ1) is 16.0. The van der Waals surface area contributed by atoms with Crippen LogP contribution in [0.4, 0.5) is 11.6 Å². The van der Waals surface area contributed by atoms with Gasteiger partial charge in [-0.25, -0.2) is 9.97 Å². The Hall–Kier alpha value is -1.36. The molecule has 1 aliphatic rings. The van der Waals surface area contributed by atoms with Gasteiger partial charge in [0.25, 0.3) is 0 Å². The van der Waals surface area contributed by atoms with Gasteiger partial charge in [-0.3, -0.25) is 4.90 Å². The second-order valence-corrected chi connectivity index (χ2v) is 5.63. The van der Waals surface area contributed by atoms with E-state index in [9.17, 15) is 0 Å². The van der Waals surface area contributed by atoms with Crippen molar-refractivity contribution in [2.75, 3.05) is 49.5 Å². The van der Waals surface area contributed by atoms with Gasteiger partial charge in [-0.1, -0.05) is 20.8 Å². The minimum absolute atomic E-state index is 0.966. The van der Waals surface area contributed by atoms with E-state index in [1.54, 1.807) is 6.33 Å². The topological polar surface area (TPSA) is 44.3 Å². The Morgan fingerprint density at radius 2 is 1.81 bits per heavy atom. The SMILES string of the molecule is CCCNc1ncnc(N2CCN(CCC)CC2)c1CC. The largest absolute Gasteiger partial charge is 0.370 e. The third-order valence-electron chi connectivity index (χ3n) is 4.03. The van der Waals surface area contributed by atoms with Crippen LogP contribution in [0.3, 0.4) is 0 Å². The van der Waals surface area contributed by atoms with E-state index < -0.39 is 0 Å². The maximum Gasteiger partial charge on any atom is 0.137 e. The zero-order valence-corrected chi connectivity index (χ0v) is 13.7. The second-order valence-electron chi connectivity index (χ2n) is 5.63. The van der Waals surface area contributed by atoms with Gasteiger partial charge in [0.15, 0.2) is 0 Å². The van der Waals surface area contributed by atoms with Crippen LogP contribution in [0.15, 0.2) is 6.33 Å². The lowest BCUT2D eigenvalue weighted by molar-refractivity contribution is 0.258. The fourth-order valence-electron chi connectivity index (χ4n) is 2.90. The Labute approximate surface area is 128 Å². The van der Waals surface area contributed by atoms with Crippen molar-refractivity contribution in [2.45, 2.75) is 40.0 Å². The number of hydrogen-bond acceptors (Lipinski definition) is 5. The smallest absolute Gasteiger partial charge is 0.137 e. The molecule has 1 aliphatic heterocycles. The van der Waals surface area contributed by atoms with Crippen LogP contribution < -0.4 is 10.2 Å². The van der Waals surface area contributed by atoms with E-state index in [4.69, 9.17) is 0 Å². The van der Waals surface area contributed by atoms with Crippen LogP contribution in [0.2, 0.25) is 0 Å². The number of nitrogens with one attached hydrogen (secondary N) is 1. The molecular weight excluding hydrogens is 262 g/mol. The van der Waals surface area contributed by atoms with Crippen LogP contribution in [-0.2, 0) is 6.42 Å². The summed E-state index contributed by atoms with van der Waals surface area (Å²) in [6.45, 7) is 13.2.